The lowest BCUT2D eigenvalue weighted by molar-refractivity contribution is -0.578. The number of pyridine rings is 1. The molecule has 4 amide bonds. The Kier molecular flexibility index (Phi) is 7.21. The summed E-state index contributed by atoms with van der Waals surface area (Å²) in [6.07, 6.45) is 6.67. The molecule has 3 aliphatic heterocycles. The first kappa shape index (κ1) is 26.6. The number of likely N-dealkylation sites (tertiary alicyclic amines) is 1. The van der Waals surface area contributed by atoms with Gasteiger partial charge in [-0.25, -0.2) is 9.29 Å². The van der Waals surface area contributed by atoms with Gasteiger partial charge in [0.15, 0.2) is 0 Å². The van der Waals surface area contributed by atoms with E-state index in [4.69, 9.17) is 4.74 Å². The van der Waals surface area contributed by atoms with Crippen LogP contribution in [0.5, 0.6) is 5.75 Å². The van der Waals surface area contributed by atoms with Gasteiger partial charge in [0.05, 0.1) is 12.7 Å². The Balaban J connectivity index is 1.13. The average Bonchev–Trinajstić information content (AvgIpc) is 3.31. The van der Waals surface area contributed by atoms with Crippen molar-refractivity contribution in [3.05, 3.63) is 83.9 Å². The molecule has 0 saturated carbocycles. The Hall–Kier alpha value is -4.60. The largest absolute Gasteiger partial charge is 0.498 e. The first-order valence-corrected chi connectivity index (χ1v) is 13.9. The topological polar surface area (TPSA) is 99.9 Å². The fourth-order valence-corrected chi connectivity index (χ4v) is 5.81. The number of fused-ring (bicyclic) bond motifs is 1. The Bertz CT molecular complexity index is 1530. The van der Waals surface area contributed by atoms with Gasteiger partial charge in [0.1, 0.15) is 36.5 Å². The van der Waals surface area contributed by atoms with Crippen molar-refractivity contribution in [1.82, 2.24) is 15.1 Å². The second kappa shape index (κ2) is 11.1. The van der Waals surface area contributed by atoms with E-state index in [2.05, 4.69) is 5.32 Å². The number of amides is 4. The number of ether oxygens (including phenoxy) is 1. The molecule has 210 valence electrons. The van der Waals surface area contributed by atoms with Crippen LogP contribution in [0.4, 0.5) is 9.18 Å². The lowest BCUT2D eigenvalue weighted by atomic mass is 10.0. The molecule has 0 radical (unpaired) electrons. The first-order valence-electron chi connectivity index (χ1n) is 13.9. The average molecular weight is 558 g/mol. The number of carbonyl (C=O) groups excluding carboxylic acids is 4. The smallest absolute Gasteiger partial charge is 0.489 e. The van der Waals surface area contributed by atoms with Crippen molar-refractivity contribution in [1.29, 1.82) is 0 Å². The summed E-state index contributed by atoms with van der Waals surface area (Å²) in [6.45, 7) is 1.18. The van der Waals surface area contributed by atoms with Crippen molar-refractivity contribution in [3.8, 4) is 16.9 Å². The number of piperidine rings is 2. The van der Waals surface area contributed by atoms with Crippen molar-refractivity contribution in [2.45, 2.75) is 50.7 Å². The molecule has 2 aromatic carbocycles. The molecule has 0 spiro atoms. The predicted molar refractivity (Wildman–Crippen MR) is 145 cm³/mol. The minimum absolute atomic E-state index is 0.131. The van der Waals surface area contributed by atoms with Crippen LogP contribution in [0.1, 0.15) is 48.0 Å². The van der Waals surface area contributed by atoms with E-state index in [0.29, 0.717) is 30.9 Å². The molecule has 6 rings (SSSR count). The number of benzene rings is 2. The van der Waals surface area contributed by atoms with Gasteiger partial charge in [-0.1, -0.05) is 12.1 Å². The number of hydrogen-bond acceptors (Lipinski definition) is 5. The summed E-state index contributed by atoms with van der Waals surface area (Å²) in [7, 11) is 0. The maximum Gasteiger partial charge on any atom is 0.498 e. The monoisotopic (exact) mass is 557 g/mol. The van der Waals surface area contributed by atoms with Crippen LogP contribution in [0.2, 0.25) is 0 Å². The number of nitrogens with one attached hydrogen (secondary N) is 1. The standard InChI is InChI=1S/C31H29FN4O5/c32-23-8-6-20(7-9-23)21-4-3-14-34(17-21)31(40)35-15-2-1-5-24(35)19-41-25-10-11-26-22(16-25)18-36(30(26)39)27-12-13-28(37)33-29(27)38/h3-4,6-11,14,16-17,24,27H,1-2,5,12-13,15,18-19H2/p+1/t24-,27?/m0/s1. The molecule has 9 nitrogen and oxygen atoms in total. The first-order chi connectivity index (χ1) is 19.9. The van der Waals surface area contributed by atoms with Crippen LogP contribution in [0.3, 0.4) is 0 Å². The minimum atomic E-state index is -0.669. The highest BCUT2D eigenvalue weighted by Crippen LogP contribution is 2.30. The van der Waals surface area contributed by atoms with Crippen LogP contribution in [-0.2, 0) is 16.1 Å². The quantitative estimate of drug-likeness (QED) is 0.383. The van der Waals surface area contributed by atoms with E-state index in [1.807, 2.05) is 17.0 Å². The fraction of sp³-hybridized carbons (Fsp3) is 0.323. The maximum absolute atomic E-state index is 13.6. The van der Waals surface area contributed by atoms with E-state index in [1.165, 1.54) is 17.0 Å². The lowest BCUT2D eigenvalue weighted by Crippen LogP contribution is -2.58. The highest BCUT2D eigenvalue weighted by Gasteiger charge is 2.39. The number of rotatable bonds is 5. The number of nitrogens with zero attached hydrogens (tertiary/aromatic N) is 3. The summed E-state index contributed by atoms with van der Waals surface area (Å²) >= 11 is 0. The van der Waals surface area contributed by atoms with Gasteiger partial charge < -0.3 is 9.64 Å². The van der Waals surface area contributed by atoms with Gasteiger partial charge in [0.25, 0.3) is 5.91 Å². The van der Waals surface area contributed by atoms with E-state index in [1.54, 1.807) is 47.3 Å². The zero-order valence-corrected chi connectivity index (χ0v) is 22.4. The van der Waals surface area contributed by atoms with Crippen molar-refractivity contribution in [2.75, 3.05) is 13.2 Å². The normalized spacial score (nSPS) is 20.6. The summed E-state index contributed by atoms with van der Waals surface area (Å²) in [5, 5.41) is 2.32. The molecule has 0 bridgehead atoms. The molecule has 3 aliphatic rings. The second-order valence-electron chi connectivity index (χ2n) is 10.7. The highest BCUT2D eigenvalue weighted by atomic mass is 19.1. The lowest BCUT2D eigenvalue weighted by Gasteiger charge is -2.29. The number of imide groups is 1. The minimum Gasteiger partial charge on any atom is -0.489 e. The maximum atomic E-state index is 13.6. The van der Waals surface area contributed by atoms with E-state index in [-0.39, 0.29) is 42.7 Å². The van der Waals surface area contributed by atoms with Gasteiger partial charge >= 0.3 is 6.03 Å². The molecule has 2 atom stereocenters. The Morgan fingerprint density at radius 3 is 2.66 bits per heavy atom. The summed E-state index contributed by atoms with van der Waals surface area (Å²) in [6, 6.07) is 14.2. The summed E-state index contributed by atoms with van der Waals surface area (Å²) in [5.74, 6) is -0.718. The molecule has 1 N–H and O–H groups in total. The zero-order chi connectivity index (χ0) is 28.5. The van der Waals surface area contributed by atoms with Crippen LogP contribution in [0, 0.1) is 5.82 Å². The van der Waals surface area contributed by atoms with Gasteiger partial charge in [-0.15, -0.1) is 0 Å². The third-order valence-corrected chi connectivity index (χ3v) is 8.01. The molecule has 2 fully saturated rings. The SMILES string of the molecule is O=C1CCC(N2Cc3cc(OC[C@@H]4CCCCN4C(=O)[n+]4cccc(-c5ccc(F)cc5)c4)ccc3C2=O)C(=O)N1. The Morgan fingerprint density at radius 2 is 1.85 bits per heavy atom. The summed E-state index contributed by atoms with van der Waals surface area (Å²) < 4.78 is 21.1. The summed E-state index contributed by atoms with van der Waals surface area (Å²) in [5.41, 5.74) is 2.92. The molecule has 2 saturated heterocycles. The van der Waals surface area contributed by atoms with Crippen LogP contribution >= 0.6 is 0 Å². The van der Waals surface area contributed by atoms with Crippen LogP contribution in [0.15, 0.2) is 67.0 Å². The number of aromatic nitrogens is 1. The van der Waals surface area contributed by atoms with Crippen molar-refractivity contribution >= 4 is 23.8 Å². The summed E-state index contributed by atoms with van der Waals surface area (Å²) in [4.78, 5) is 53.7. The predicted octanol–water partition coefficient (Wildman–Crippen LogP) is 3.44. The van der Waals surface area contributed by atoms with Crippen molar-refractivity contribution < 1.29 is 32.9 Å². The molecule has 41 heavy (non-hydrogen) atoms. The van der Waals surface area contributed by atoms with E-state index in [9.17, 15) is 23.6 Å². The Labute approximate surface area is 236 Å². The second-order valence-corrected chi connectivity index (χ2v) is 10.7. The van der Waals surface area contributed by atoms with Gasteiger partial charge in [-0.2, -0.15) is 9.36 Å². The molecule has 1 aromatic heterocycles. The van der Waals surface area contributed by atoms with E-state index in [0.717, 1.165) is 36.0 Å². The molecule has 0 aliphatic carbocycles. The Morgan fingerprint density at radius 1 is 1.02 bits per heavy atom. The van der Waals surface area contributed by atoms with Gasteiger partial charge in [0, 0.05) is 24.1 Å². The number of carbonyl (C=O) groups is 4. The van der Waals surface area contributed by atoms with Gasteiger partial charge in [0.2, 0.25) is 11.8 Å². The number of hydrogen-bond donors (Lipinski definition) is 1. The van der Waals surface area contributed by atoms with Gasteiger partial charge in [-0.05, 0) is 79.3 Å². The van der Waals surface area contributed by atoms with Crippen LogP contribution in [-0.4, -0.2) is 58.8 Å². The molecule has 10 heteroatoms. The highest BCUT2D eigenvalue weighted by molar-refractivity contribution is 6.05. The zero-order valence-electron chi connectivity index (χ0n) is 22.4. The number of halogens is 1. The molecular weight excluding hydrogens is 527 g/mol. The molecule has 1 unspecified atom stereocenters. The third kappa shape index (κ3) is 5.41. The molecular formula is C31H30FN4O5+. The van der Waals surface area contributed by atoms with Crippen LogP contribution < -0.4 is 14.6 Å². The van der Waals surface area contributed by atoms with Gasteiger partial charge in [-0.3, -0.25) is 19.7 Å². The van der Waals surface area contributed by atoms with E-state index < -0.39 is 11.9 Å². The molecule has 4 heterocycles. The van der Waals surface area contributed by atoms with Crippen molar-refractivity contribution in [2.24, 2.45) is 0 Å². The third-order valence-electron chi connectivity index (χ3n) is 8.01. The van der Waals surface area contributed by atoms with Crippen molar-refractivity contribution in [3.63, 3.8) is 0 Å². The van der Waals surface area contributed by atoms with E-state index >= 15 is 0 Å². The van der Waals surface area contributed by atoms with Crippen LogP contribution in [0.25, 0.3) is 11.1 Å². The fourth-order valence-electron chi connectivity index (χ4n) is 5.81. The molecule has 3 aromatic rings.